The van der Waals surface area contributed by atoms with Gasteiger partial charge in [-0.15, -0.1) is 12.8 Å². The summed E-state index contributed by atoms with van der Waals surface area (Å²) in [6, 6.07) is 45.3. The third-order valence-corrected chi connectivity index (χ3v) is 5.98. The van der Waals surface area contributed by atoms with E-state index in [2.05, 4.69) is 94.4 Å². The molecule has 0 saturated carbocycles. The number of para-hydroxylation sites is 2. The first-order chi connectivity index (χ1) is 17.8. The van der Waals surface area contributed by atoms with Crippen LogP contribution in [0.5, 0.6) is 0 Å². The Morgan fingerprint density at radius 2 is 0.583 bits per heavy atom. The maximum atomic E-state index is 5.58. The molecule has 0 amide bonds. The van der Waals surface area contributed by atoms with Crippen molar-refractivity contribution in [1.82, 2.24) is 0 Å². The monoisotopic (exact) mass is 460 g/mol. The SMILES string of the molecule is C#Cc1ccc(N(c2ccccc2)c2ccc(N(c3ccccc3)c3ccc(C#C)cc3)cc2)cc1. The zero-order valence-corrected chi connectivity index (χ0v) is 19.8. The summed E-state index contributed by atoms with van der Waals surface area (Å²) in [6.07, 6.45) is 11.2. The van der Waals surface area contributed by atoms with Gasteiger partial charge in [-0.25, -0.2) is 0 Å². The van der Waals surface area contributed by atoms with E-state index in [1.54, 1.807) is 0 Å². The predicted octanol–water partition coefficient (Wildman–Crippen LogP) is 8.59. The molecule has 0 aliphatic rings. The lowest BCUT2D eigenvalue weighted by atomic mass is 10.1. The van der Waals surface area contributed by atoms with Crippen LogP contribution in [0, 0.1) is 24.7 Å². The Morgan fingerprint density at radius 1 is 0.333 bits per heavy atom. The quantitative estimate of drug-likeness (QED) is 0.234. The van der Waals surface area contributed by atoms with Crippen molar-refractivity contribution in [3.63, 3.8) is 0 Å². The third kappa shape index (κ3) is 4.71. The van der Waals surface area contributed by atoms with Crippen molar-refractivity contribution in [3.05, 3.63) is 145 Å². The van der Waals surface area contributed by atoms with Gasteiger partial charge in [-0.1, -0.05) is 48.2 Å². The summed E-state index contributed by atoms with van der Waals surface area (Å²) < 4.78 is 0. The highest BCUT2D eigenvalue weighted by Crippen LogP contribution is 2.38. The van der Waals surface area contributed by atoms with E-state index in [9.17, 15) is 0 Å². The summed E-state index contributed by atoms with van der Waals surface area (Å²) in [6.45, 7) is 0. The van der Waals surface area contributed by atoms with Gasteiger partial charge in [0.25, 0.3) is 0 Å². The summed E-state index contributed by atoms with van der Waals surface area (Å²) in [7, 11) is 0. The van der Waals surface area contributed by atoms with Gasteiger partial charge in [0.15, 0.2) is 0 Å². The fraction of sp³-hybridized carbons (Fsp3) is 0. The van der Waals surface area contributed by atoms with Crippen LogP contribution < -0.4 is 9.80 Å². The summed E-state index contributed by atoms with van der Waals surface area (Å²) in [4.78, 5) is 4.44. The number of terminal acetylenes is 2. The smallest absolute Gasteiger partial charge is 0.0463 e. The van der Waals surface area contributed by atoms with Gasteiger partial charge in [0.1, 0.15) is 0 Å². The molecule has 0 heterocycles. The molecule has 0 spiro atoms. The normalized spacial score (nSPS) is 10.2. The van der Waals surface area contributed by atoms with Crippen molar-refractivity contribution >= 4 is 34.1 Å². The second kappa shape index (κ2) is 10.4. The highest BCUT2D eigenvalue weighted by atomic mass is 15.2. The van der Waals surface area contributed by atoms with E-state index in [1.807, 2.05) is 60.7 Å². The molecule has 0 radical (unpaired) electrons. The topological polar surface area (TPSA) is 6.48 Å². The van der Waals surface area contributed by atoms with Crippen molar-refractivity contribution in [2.24, 2.45) is 0 Å². The van der Waals surface area contributed by atoms with E-state index in [-0.39, 0.29) is 0 Å². The van der Waals surface area contributed by atoms with Crippen LogP contribution in [-0.2, 0) is 0 Å². The first-order valence-corrected chi connectivity index (χ1v) is 11.7. The van der Waals surface area contributed by atoms with Gasteiger partial charge in [0, 0.05) is 45.3 Å². The van der Waals surface area contributed by atoms with Crippen molar-refractivity contribution < 1.29 is 0 Å². The summed E-state index contributed by atoms with van der Waals surface area (Å²) >= 11 is 0. The molecular weight excluding hydrogens is 436 g/mol. The maximum Gasteiger partial charge on any atom is 0.0463 e. The molecule has 0 unspecified atom stereocenters. The van der Waals surface area contributed by atoms with E-state index in [0.29, 0.717) is 0 Å². The molecule has 5 aromatic rings. The van der Waals surface area contributed by atoms with Gasteiger partial charge < -0.3 is 9.80 Å². The Bertz CT molecular complexity index is 1380. The van der Waals surface area contributed by atoms with Crippen LogP contribution in [0.4, 0.5) is 34.1 Å². The molecule has 36 heavy (non-hydrogen) atoms. The summed E-state index contributed by atoms with van der Waals surface area (Å²) in [5.41, 5.74) is 8.04. The van der Waals surface area contributed by atoms with Crippen molar-refractivity contribution in [2.75, 3.05) is 9.80 Å². The molecule has 0 bridgehead atoms. The fourth-order valence-electron chi connectivity index (χ4n) is 4.21. The molecular formula is C34H24N2. The van der Waals surface area contributed by atoms with Crippen molar-refractivity contribution in [2.45, 2.75) is 0 Å². The minimum atomic E-state index is 0.858. The second-order valence-electron chi connectivity index (χ2n) is 8.24. The first-order valence-electron chi connectivity index (χ1n) is 11.7. The number of hydrogen-bond donors (Lipinski definition) is 0. The minimum absolute atomic E-state index is 0.858. The second-order valence-corrected chi connectivity index (χ2v) is 8.24. The molecule has 0 N–H and O–H groups in total. The van der Waals surface area contributed by atoms with Gasteiger partial charge in [-0.2, -0.15) is 0 Å². The van der Waals surface area contributed by atoms with Crippen LogP contribution in [-0.4, -0.2) is 0 Å². The number of nitrogens with zero attached hydrogens (tertiary/aromatic N) is 2. The highest BCUT2D eigenvalue weighted by molar-refractivity contribution is 5.81. The Labute approximate surface area is 213 Å². The van der Waals surface area contributed by atoms with Crippen molar-refractivity contribution in [1.29, 1.82) is 0 Å². The van der Waals surface area contributed by atoms with E-state index in [4.69, 9.17) is 12.8 Å². The zero-order chi connectivity index (χ0) is 24.7. The minimum Gasteiger partial charge on any atom is -0.311 e. The lowest BCUT2D eigenvalue weighted by Crippen LogP contribution is -2.12. The van der Waals surface area contributed by atoms with Crippen LogP contribution >= 0.6 is 0 Å². The molecule has 5 aromatic carbocycles. The van der Waals surface area contributed by atoms with Crippen molar-refractivity contribution in [3.8, 4) is 24.7 Å². The predicted molar refractivity (Wildman–Crippen MR) is 152 cm³/mol. The first kappa shape index (κ1) is 22.6. The van der Waals surface area contributed by atoms with Gasteiger partial charge in [-0.05, 0) is 97.1 Å². The molecule has 0 atom stereocenters. The summed E-state index contributed by atoms with van der Waals surface area (Å²) in [5.74, 6) is 5.39. The zero-order valence-electron chi connectivity index (χ0n) is 19.8. The van der Waals surface area contributed by atoms with Gasteiger partial charge >= 0.3 is 0 Å². The van der Waals surface area contributed by atoms with E-state index in [1.165, 1.54) is 0 Å². The van der Waals surface area contributed by atoms with Crippen LogP contribution in [0.2, 0.25) is 0 Å². The molecule has 0 fully saturated rings. The maximum absolute atomic E-state index is 5.58. The molecule has 2 heteroatoms. The van der Waals surface area contributed by atoms with Crippen LogP contribution in [0.25, 0.3) is 0 Å². The number of hydrogen-bond acceptors (Lipinski definition) is 2. The Balaban J connectivity index is 1.57. The molecule has 170 valence electrons. The third-order valence-electron chi connectivity index (χ3n) is 5.98. The van der Waals surface area contributed by atoms with Crippen LogP contribution in [0.3, 0.4) is 0 Å². The van der Waals surface area contributed by atoms with E-state index in [0.717, 1.165) is 45.3 Å². The standard InChI is InChI=1S/C34H24N2/c1-3-27-15-19-31(20-16-27)35(29-11-7-5-8-12-29)33-23-25-34(26-24-33)36(30-13-9-6-10-14-30)32-21-17-28(4-2)18-22-32/h1-2,5-26H. The molecule has 5 rings (SSSR count). The number of anilines is 6. The van der Waals surface area contributed by atoms with Crippen LogP contribution in [0.1, 0.15) is 11.1 Å². The molecule has 0 aromatic heterocycles. The lowest BCUT2D eigenvalue weighted by Gasteiger charge is -2.28. The number of benzene rings is 5. The molecule has 0 aliphatic heterocycles. The van der Waals surface area contributed by atoms with E-state index >= 15 is 0 Å². The highest BCUT2D eigenvalue weighted by Gasteiger charge is 2.15. The number of rotatable bonds is 6. The molecule has 0 saturated heterocycles. The van der Waals surface area contributed by atoms with Gasteiger partial charge in [0.2, 0.25) is 0 Å². The van der Waals surface area contributed by atoms with Gasteiger partial charge in [0.05, 0.1) is 0 Å². The summed E-state index contributed by atoms with van der Waals surface area (Å²) in [5, 5.41) is 0. The fourth-order valence-corrected chi connectivity index (χ4v) is 4.21. The Hall–Kier alpha value is -5.18. The van der Waals surface area contributed by atoms with Crippen LogP contribution in [0.15, 0.2) is 133 Å². The Morgan fingerprint density at radius 3 is 0.861 bits per heavy atom. The average Bonchev–Trinajstić information content (AvgIpc) is 2.96. The molecule has 0 aliphatic carbocycles. The molecule has 2 nitrogen and oxygen atoms in total. The largest absolute Gasteiger partial charge is 0.311 e. The lowest BCUT2D eigenvalue weighted by molar-refractivity contribution is 1.25. The van der Waals surface area contributed by atoms with E-state index < -0.39 is 0 Å². The van der Waals surface area contributed by atoms with Gasteiger partial charge in [-0.3, -0.25) is 0 Å². The Kier molecular flexibility index (Phi) is 6.53. The average molecular weight is 461 g/mol.